The highest BCUT2D eigenvalue weighted by atomic mass is 19.4. The molecule has 0 spiro atoms. The number of hydrogen-bond donors (Lipinski definition) is 4. The number of carbonyl (C=O) groups is 3. The molecule has 2 aromatic carbocycles. The van der Waals surface area contributed by atoms with Crippen LogP contribution in [0.15, 0.2) is 48.5 Å². The maximum Gasteiger partial charge on any atom is 0.573 e. The van der Waals surface area contributed by atoms with Crippen LogP contribution in [-0.2, 0) is 11.3 Å². The number of urea groups is 1. The van der Waals surface area contributed by atoms with Crippen LogP contribution in [0.4, 0.5) is 23.7 Å². The van der Waals surface area contributed by atoms with Crippen molar-refractivity contribution in [2.75, 3.05) is 11.9 Å². The number of ether oxygens (including phenoxy) is 1. The van der Waals surface area contributed by atoms with Crippen LogP contribution in [0.1, 0.15) is 49.0 Å². The van der Waals surface area contributed by atoms with Crippen LogP contribution in [0.5, 0.6) is 5.75 Å². The Hall–Kier alpha value is -3.80. The third-order valence-electron chi connectivity index (χ3n) is 6.92. The van der Waals surface area contributed by atoms with Gasteiger partial charge < -0.3 is 30.5 Å². The molecule has 9 nitrogen and oxygen atoms in total. The minimum Gasteiger partial charge on any atom is -0.479 e. The number of rotatable bonds is 9. The van der Waals surface area contributed by atoms with E-state index in [0.29, 0.717) is 17.5 Å². The first-order chi connectivity index (χ1) is 18.3. The van der Waals surface area contributed by atoms with Gasteiger partial charge in [0.15, 0.2) is 6.10 Å². The number of anilines is 1. The van der Waals surface area contributed by atoms with E-state index >= 15 is 0 Å². The van der Waals surface area contributed by atoms with Crippen molar-refractivity contribution in [3.05, 3.63) is 59.7 Å². The lowest BCUT2D eigenvalue weighted by Crippen LogP contribution is -2.45. The number of aliphatic hydroxyl groups excluding tert-OH is 1. The largest absolute Gasteiger partial charge is 0.573 e. The topological polar surface area (TPSA) is 128 Å². The van der Waals surface area contributed by atoms with Crippen molar-refractivity contribution in [3.63, 3.8) is 0 Å². The van der Waals surface area contributed by atoms with Crippen molar-refractivity contribution in [1.29, 1.82) is 0 Å². The van der Waals surface area contributed by atoms with Crippen LogP contribution in [-0.4, -0.2) is 58.1 Å². The van der Waals surface area contributed by atoms with Crippen LogP contribution in [0.25, 0.3) is 0 Å². The normalized spacial score (nSPS) is 20.0. The van der Waals surface area contributed by atoms with Gasteiger partial charge in [0, 0.05) is 23.8 Å². The van der Waals surface area contributed by atoms with Gasteiger partial charge in [-0.2, -0.15) is 0 Å². The molecule has 2 aromatic rings. The lowest BCUT2D eigenvalue weighted by molar-refractivity contribution is -0.274. The average molecular weight is 552 g/mol. The van der Waals surface area contributed by atoms with Gasteiger partial charge in [0.05, 0.1) is 6.54 Å². The third kappa shape index (κ3) is 8.88. The van der Waals surface area contributed by atoms with E-state index in [-0.39, 0.29) is 18.2 Å². The molecule has 0 heterocycles. The number of nitrogens with zero attached hydrogens (tertiary/aromatic N) is 1. The lowest BCUT2D eigenvalue weighted by Gasteiger charge is -2.39. The van der Waals surface area contributed by atoms with Gasteiger partial charge in [-0.1, -0.05) is 26.0 Å². The summed E-state index contributed by atoms with van der Waals surface area (Å²) in [5.41, 5.74) is 1.31. The molecule has 0 radical (unpaired) electrons. The fourth-order valence-electron chi connectivity index (χ4n) is 4.44. The van der Waals surface area contributed by atoms with Crippen molar-refractivity contribution in [3.8, 4) is 5.75 Å². The zero-order valence-corrected chi connectivity index (χ0v) is 21.6. The van der Waals surface area contributed by atoms with Gasteiger partial charge in [-0.05, 0) is 73.1 Å². The highest BCUT2D eigenvalue weighted by Gasteiger charge is 2.32. The van der Waals surface area contributed by atoms with Crippen LogP contribution >= 0.6 is 0 Å². The van der Waals surface area contributed by atoms with E-state index in [1.165, 1.54) is 12.1 Å². The zero-order valence-electron chi connectivity index (χ0n) is 21.6. The van der Waals surface area contributed by atoms with Crippen molar-refractivity contribution in [2.24, 2.45) is 11.8 Å². The molecule has 1 aliphatic carbocycles. The fourth-order valence-corrected chi connectivity index (χ4v) is 4.44. The van der Waals surface area contributed by atoms with Gasteiger partial charge in [-0.15, -0.1) is 13.2 Å². The molecule has 4 unspecified atom stereocenters. The van der Waals surface area contributed by atoms with Gasteiger partial charge in [-0.3, -0.25) is 4.79 Å². The van der Waals surface area contributed by atoms with Gasteiger partial charge in [0.25, 0.3) is 5.91 Å². The number of carbonyl (C=O) groups excluding carboxylic acids is 2. The molecular formula is C27H32F3N3O6. The van der Waals surface area contributed by atoms with E-state index in [1.807, 2.05) is 0 Å². The molecule has 0 saturated heterocycles. The first-order valence-corrected chi connectivity index (χ1v) is 12.5. The number of aliphatic carboxylic acids is 1. The summed E-state index contributed by atoms with van der Waals surface area (Å²) in [6.45, 7) is 4.11. The van der Waals surface area contributed by atoms with Crippen LogP contribution in [0.2, 0.25) is 0 Å². The molecular weight excluding hydrogens is 519 g/mol. The molecule has 0 bridgehead atoms. The van der Waals surface area contributed by atoms with Crippen molar-refractivity contribution in [1.82, 2.24) is 10.2 Å². The van der Waals surface area contributed by atoms with E-state index in [0.717, 1.165) is 37.0 Å². The SMILES string of the molecule is CC1CCC(N(Cc2ccc(C(=O)NCC(O)C(=O)O)cc2)C(=O)Nc2ccc(OC(F)(F)F)cc2)CC1C. The minimum atomic E-state index is -4.81. The van der Waals surface area contributed by atoms with Gasteiger partial charge in [-0.25, -0.2) is 9.59 Å². The second-order valence-corrected chi connectivity index (χ2v) is 9.81. The van der Waals surface area contributed by atoms with E-state index in [1.54, 1.807) is 29.2 Å². The highest BCUT2D eigenvalue weighted by Crippen LogP contribution is 2.33. The molecule has 212 valence electrons. The fraction of sp³-hybridized carbons (Fsp3) is 0.444. The van der Waals surface area contributed by atoms with Crippen molar-refractivity contribution >= 4 is 23.6 Å². The van der Waals surface area contributed by atoms with Crippen LogP contribution in [0.3, 0.4) is 0 Å². The van der Waals surface area contributed by atoms with E-state index < -0.39 is 42.7 Å². The van der Waals surface area contributed by atoms with Gasteiger partial charge >= 0.3 is 18.4 Å². The zero-order chi connectivity index (χ0) is 28.7. The number of halogens is 3. The molecule has 4 atom stereocenters. The molecule has 12 heteroatoms. The summed E-state index contributed by atoms with van der Waals surface area (Å²) in [5, 5.41) is 23.2. The molecule has 3 rings (SSSR count). The highest BCUT2D eigenvalue weighted by molar-refractivity contribution is 5.94. The number of nitrogens with one attached hydrogen (secondary N) is 2. The Morgan fingerprint density at radius 1 is 1.03 bits per heavy atom. The van der Waals surface area contributed by atoms with Crippen LogP contribution in [0, 0.1) is 11.8 Å². The molecule has 39 heavy (non-hydrogen) atoms. The Kier molecular flexibility index (Phi) is 9.79. The van der Waals surface area contributed by atoms with Crippen LogP contribution < -0.4 is 15.4 Å². The number of alkyl halides is 3. The molecule has 0 aromatic heterocycles. The predicted molar refractivity (Wildman–Crippen MR) is 136 cm³/mol. The molecule has 1 fully saturated rings. The molecule has 4 N–H and O–H groups in total. The Bertz CT molecular complexity index is 1140. The number of carboxylic acid groups (broad SMARTS) is 1. The molecule has 3 amide bonds. The summed E-state index contributed by atoms with van der Waals surface area (Å²) in [4.78, 5) is 38.0. The molecule has 1 aliphatic rings. The van der Waals surface area contributed by atoms with Crippen molar-refractivity contribution in [2.45, 2.75) is 58.2 Å². The maximum absolute atomic E-state index is 13.4. The minimum absolute atomic E-state index is 0.0653. The Morgan fingerprint density at radius 3 is 2.23 bits per heavy atom. The smallest absolute Gasteiger partial charge is 0.479 e. The van der Waals surface area contributed by atoms with Crippen molar-refractivity contribution < 1.29 is 42.5 Å². The summed E-state index contributed by atoms with van der Waals surface area (Å²) in [5.74, 6) is -1.48. The van der Waals surface area contributed by atoms with E-state index in [2.05, 4.69) is 29.2 Å². The Labute approximate surface area is 223 Å². The summed E-state index contributed by atoms with van der Waals surface area (Å²) in [7, 11) is 0. The van der Waals surface area contributed by atoms with Gasteiger partial charge in [0.2, 0.25) is 0 Å². The standard InChI is InChI=1S/C27H32F3N3O6/c1-16-3-10-21(13-17(16)2)33(26(38)32-20-8-11-22(12-9-20)39-27(28,29)30)15-18-4-6-19(7-5-18)24(35)31-14-23(34)25(36)37/h4-9,11-12,16-17,21,23,34H,3,10,13-15H2,1-2H3,(H,31,35)(H,32,38)(H,36,37). The molecule has 1 saturated carbocycles. The number of hydrogen-bond acceptors (Lipinski definition) is 5. The first kappa shape index (κ1) is 29.8. The number of benzene rings is 2. The number of aliphatic hydroxyl groups is 1. The summed E-state index contributed by atoms with van der Waals surface area (Å²) in [6.07, 6.45) is -4.00. The summed E-state index contributed by atoms with van der Waals surface area (Å²) < 4.78 is 41.2. The first-order valence-electron chi connectivity index (χ1n) is 12.5. The average Bonchev–Trinajstić information content (AvgIpc) is 2.87. The maximum atomic E-state index is 13.4. The third-order valence-corrected chi connectivity index (χ3v) is 6.92. The monoisotopic (exact) mass is 551 g/mol. The lowest BCUT2D eigenvalue weighted by atomic mass is 9.78. The molecule has 0 aliphatic heterocycles. The number of amides is 3. The predicted octanol–water partition coefficient (Wildman–Crippen LogP) is 4.62. The van der Waals surface area contributed by atoms with E-state index in [4.69, 9.17) is 5.11 Å². The Balaban J connectivity index is 1.71. The number of carboxylic acids is 1. The summed E-state index contributed by atoms with van der Waals surface area (Å²) >= 11 is 0. The van der Waals surface area contributed by atoms with E-state index in [9.17, 15) is 32.7 Å². The second-order valence-electron chi connectivity index (χ2n) is 9.81. The second kappa shape index (κ2) is 12.8. The van der Waals surface area contributed by atoms with Gasteiger partial charge in [0.1, 0.15) is 5.75 Å². The summed E-state index contributed by atoms with van der Waals surface area (Å²) in [6, 6.07) is 10.9. The quantitative estimate of drug-likeness (QED) is 0.360. The Morgan fingerprint density at radius 2 is 1.67 bits per heavy atom.